The second-order valence-corrected chi connectivity index (χ2v) is 31.3. The minimum atomic E-state index is -1.54. The van der Waals surface area contributed by atoms with Crippen LogP contribution >= 0.6 is 28.3 Å². The van der Waals surface area contributed by atoms with Crippen molar-refractivity contribution in [3.63, 3.8) is 0 Å². The van der Waals surface area contributed by atoms with Gasteiger partial charge in [-0.2, -0.15) is 0 Å². The molecule has 6 fully saturated rings. The Morgan fingerprint density at radius 3 is 1.42 bits per heavy atom. The summed E-state index contributed by atoms with van der Waals surface area (Å²) in [5.41, 5.74) is 12.2. The smallest absolute Gasteiger partial charge is 0.410 e. The first-order chi connectivity index (χ1) is 45.4. The maximum Gasteiger partial charge on any atom is 0.410 e. The molecule has 4 aromatic rings. The summed E-state index contributed by atoms with van der Waals surface area (Å²) in [6, 6.07) is 31.0. The van der Waals surface area contributed by atoms with Gasteiger partial charge in [0.25, 0.3) is 0 Å². The standard InChI is InChI=1S/C24H39N3O2.C19H31N3.C17H24BrNO2.C9H11N3O3.C8H17N.ClH/c1-18(2)25-13-15-26(16-14-25)21-10-8-20(9-11-21)22-12-7-19(3)17-27(22)23(28)29-24(4,5)6;1-15(2)21-10-12-22(13-11-21)18-7-5-17(6-8-18)19-9-4-16(3)14-20-19;1-12-5-10-15(13-6-8-14(18)9-7-13)19(11-12)16(20)21-17(2,3)4;1-2-5-3-6(4-11-7(5)10)12-8(13)9(14)15;1-9(2)8-6-4-3-5-7-8;/h8-11,18-19,22H,7,12-17H2,1-6H3;5-8,15-16,19-20H,4,9-14H2,1-3H3;6-9,12,15H,5,10-11H2,1-4H3;3-4H,2H2,1H3,(H2,10,11)(H,12,13)(H,14,15);8H,3-7H2,1-2H3;1H/t19-,22+;16-,19+;12-,15+;;;/m000.../s1. The maximum atomic E-state index is 12.8. The van der Waals surface area contributed by atoms with Crippen molar-refractivity contribution in [1.29, 1.82) is 0 Å². The molecule has 20 heteroatoms. The molecule has 3 amide bonds. The number of carbonyl (C=O) groups excluding carboxylic acids is 3. The molecule has 97 heavy (non-hydrogen) atoms. The summed E-state index contributed by atoms with van der Waals surface area (Å²) in [5.74, 6) is -0.397. The number of benzene rings is 3. The Morgan fingerprint density at radius 2 is 1.05 bits per heavy atom. The zero-order chi connectivity index (χ0) is 70.4. The summed E-state index contributed by atoms with van der Waals surface area (Å²) in [4.78, 5) is 66.6. The van der Waals surface area contributed by atoms with Gasteiger partial charge in [0, 0.05) is 105 Å². The van der Waals surface area contributed by atoms with Crippen LogP contribution < -0.4 is 26.2 Å². The maximum absolute atomic E-state index is 12.8. The van der Waals surface area contributed by atoms with Crippen molar-refractivity contribution >= 4 is 75.3 Å². The molecule has 3 aromatic carbocycles. The van der Waals surface area contributed by atoms with Crippen LogP contribution in [0.1, 0.15) is 208 Å². The van der Waals surface area contributed by atoms with E-state index < -0.39 is 23.1 Å². The lowest BCUT2D eigenvalue weighted by molar-refractivity contribution is -0.147. The van der Waals surface area contributed by atoms with E-state index in [4.69, 9.17) is 20.3 Å². The molecule has 5 N–H and O–H groups in total. The molecule has 6 atom stereocenters. The van der Waals surface area contributed by atoms with Gasteiger partial charge < -0.3 is 55.4 Å². The topological polar surface area (TPSA) is 193 Å². The number of nitrogens with two attached hydrogens (primary N) is 1. The van der Waals surface area contributed by atoms with Crippen LogP contribution in [0, 0.1) is 17.8 Å². The van der Waals surface area contributed by atoms with Crippen molar-refractivity contribution in [3.05, 3.63) is 112 Å². The highest BCUT2D eigenvalue weighted by atomic mass is 79.9. The molecule has 542 valence electrons. The highest BCUT2D eigenvalue weighted by Gasteiger charge is 2.36. The summed E-state index contributed by atoms with van der Waals surface area (Å²) >= 11 is 3.46. The van der Waals surface area contributed by atoms with Crippen LogP contribution in [-0.4, -0.2) is 174 Å². The van der Waals surface area contributed by atoms with Crippen molar-refractivity contribution < 1.29 is 33.8 Å². The van der Waals surface area contributed by atoms with Gasteiger partial charge in [0.15, 0.2) is 0 Å². The molecule has 1 aromatic heterocycles. The van der Waals surface area contributed by atoms with E-state index in [1.54, 1.807) is 6.07 Å². The molecule has 10 rings (SSSR count). The molecule has 18 nitrogen and oxygen atoms in total. The van der Waals surface area contributed by atoms with Gasteiger partial charge in [-0.3, -0.25) is 14.6 Å². The van der Waals surface area contributed by atoms with Crippen LogP contribution in [0.25, 0.3) is 0 Å². The quantitative estimate of drug-likeness (QED) is 0.110. The van der Waals surface area contributed by atoms with Crippen LogP contribution in [0.2, 0.25) is 0 Å². The molecule has 1 saturated carbocycles. The van der Waals surface area contributed by atoms with Gasteiger partial charge in [0.05, 0.1) is 24.0 Å². The number of amides is 3. The summed E-state index contributed by atoms with van der Waals surface area (Å²) in [7, 11) is 4.38. The molecule has 0 radical (unpaired) electrons. The molecule has 0 bridgehead atoms. The van der Waals surface area contributed by atoms with Crippen molar-refractivity contribution in [2.75, 3.05) is 107 Å². The number of carboxylic acids is 1. The Labute approximate surface area is 598 Å². The molecule has 0 unspecified atom stereocenters. The van der Waals surface area contributed by atoms with Crippen LogP contribution in [0.3, 0.4) is 0 Å². The van der Waals surface area contributed by atoms with Gasteiger partial charge in [-0.1, -0.05) is 99.3 Å². The summed E-state index contributed by atoms with van der Waals surface area (Å²) in [5, 5.41) is 14.2. The summed E-state index contributed by atoms with van der Waals surface area (Å²) in [6.07, 6.45) is 15.7. The Hall–Kier alpha value is -5.70. The number of nitrogens with zero attached hydrogens (tertiary/aromatic N) is 8. The predicted molar refractivity (Wildman–Crippen MR) is 404 cm³/mol. The van der Waals surface area contributed by atoms with E-state index >= 15 is 0 Å². The van der Waals surface area contributed by atoms with E-state index in [1.165, 1.54) is 92.3 Å². The summed E-state index contributed by atoms with van der Waals surface area (Å²) < 4.78 is 12.3. The number of ether oxygens (including phenoxy) is 2. The first kappa shape index (κ1) is 82.0. The third-order valence-corrected chi connectivity index (χ3v) is 19.9. The molecule has 6 heterocycles. The van der Waals surface area contributed by atoms with Crippen molar-refractivity contribution in [2.24, 2.45) is 17.8 Å². The van der Waals surface area contributed by atoms with E-state index in [9.17, 15) is 19.2 Å². The number of likely N-dealkylation sites (tertiary alicyclic amines) is 2. The molecule has 5 aliphatic heterocycles. The number of hydrogen-bond acceptors (Lipinski definition) is 14. The van der Waals surface area contributed by atoms with Gasteiger partial charge >= 0.3 is 24.1 Å². The van der Waals surface area contributed by atoms with E-state index in [2.05, 4.69) is 179 Å². The van der Waals surface area contributed by atoms with Crippen LogP contribution in [0.15, 0.2) is 89.5 Å². The Bertz CT molecular complexity index is 2990. The van der Waals surface area contributed by atoms with E-state index in [0.29, 0.717) is 47.9 Å². The number of aliphatic carboxylic acids is 1. The first-order valence-corrected chi connectivity index (χ1v) is 36.8. The molecule has 1 aliphatic carbocycles. The number of hydrogen-bond donors (Lipinski definition) is 4. The lowest BCUT2D eigenvalue weighted by Gasteiger charge is -2.40. The average Bonchev–Trinajstić information content (AvgIpc) is 0.819. The Balaban J connectivity index is 0.000000227. The molecular weight excluding hydrogens is 1310 g/mol. The van der Waals surface area contributed by atoms with Gasteiger partial charge in [-0.15, -0.1) is 12.4 Å². The fourth-order valence-electron chi connectivity index (χ4n) is 13.5. The second-order valence-electron chi connectivity index (χ2n) is 30.4. The van der Waals surface area contributed by atoms with Crippen molar-refractivity contribution in [1.82, 2.24) is 34.8 Å². The number of piperazine rings is 2. The number of carboxylic acid groups (broad SMARTS) is 1. The molecule has 5 saturated heterocycles. The number of piperidine rings is 3. The van der Waals surface area contributed by atoms with Gasteiger partial charge in [0.2, 0.25) is 0 Å². The van der Waals surface area contributed by atoms with Crippen molar-refractivity contribution in [3.8, 4) is 0 Å². The lowest BCUT2D eigenvalue weighted by Crippen LogP contribution is -2.48. The fraction of sp³-hybridized carbons (Fsp3) is 0.649. The number of pyridine rings is 1. The zero-order valence-corrected chi connectivity index (χ0v) is 64.3. The van der Waals surface area contributed by atoms with Crippen LogP contribution in [0.4, 0.5) is 32.5 Å². The number of nitrogens with one attached hydrogen (secondary N) is 2. The van der Waals surface area contributed by atoms with Gasteiger partial charge in [0.1, 0.15) is 17.0 Å². The number of aryl methyl sites for hydroxylation is 1. The number of carbonyl (C=O) groups is 4. The molecule has 6 aliphatic rings. The average molecular weight is 1430 g/mol. The first-order valence-electron chi connectivity index (χ1n) is 36.0. The van der Waals surface area contributed by atoms with Crippen LogP contribution in [-0.2, 0) is 25.5 Å². The van der Waals surface area contributed by atoms with Crippen molar-refractivity contribution in [2.45, 2.75) is 221 Å². The number of rotatable bonds is 10. The SMILES string of the molecule is CC(C)N1CCN(c2ccc([C@H]3CC[C@H](C)CN3)cc2)CC1.CC(C)N1CCN(c2ccc([C@H]3CC[C@H](C)CN3C(=O)OC(C)(C)C)cc2)CC1.CCc1cc(NC(=O)C(=O)O)cnc1N.CN(C)C1CCCCC1.C[C@H]1CC[C@H](c2ccc(Br)cc2)N(C(=O)OC(C)(C)C)C1.Cl. The fourth-order valence-corrected chi connectivity index (χ4v) is 13.7. The molecule has 0 spiro atoms. The van der Waals surface area contributed by atoms with Crippen LogP contribution in [0.5, 0.6) is 0 Å². The second kappa shape index (κ2) is 39.3. The Kier molecular flexibility index (Phi) is 33.2. The number of anilines is 4. The normalized spacial score (nSPS) is 22.0. The summed E-state index contributed by atoms with van der Waals surface area (Å²) in [6.45, 7) is 41.0. The number of nitrogen functional groups attached to an aromatic ring is 1. The zero-order valence-electron chi connectivity index (χ0n) is 61.9. The minimum absolute atomic E-state index is 0. The van der Waals surface area contributed by atoms with E-state index in [-0.39, 0.29) is 36.7 Å². The Morgan fingerprint density at radius 1 is 0.629 bits per heavy atom. The highest BCUT2D eigenvalue weighted by Crippen LogP contribution is 2.37. The number of aromatic nitrogens is 1. The van der Waals surface area contributed by atoms with E-state index in [1.807, 2.05) is 70.4 Å². The number of halogens is 2. The van der Waals surface area contributed by atoms with Gasteiger partial charge in [-0.25, -0.2) is 19.4 Å². The lowest BCUT2D eigenvalue weighted by atomic mass is 9.90. The third-order valence-electron chi connectivity index (χ3n) is 19.3. The monoisotopic (exact) mass is 1430 g/mol. The molecular formula is C77H123BrClN11O7. The largest absolute Gasteiger partial charge is 0.474 e. The highest BCUT2D eigenvalue weighted by molar-refractivity contribution is 9.10. The van der Waals surface area contributed by atoms with E-state index in [0.717, 1.165) is 107 Å². The minimum Gasteiger partial charge on any atom is -0.474 e. The third kappa shape index (κ3) is 27.1. The van der Waals surface area contributed by atoms with Gasteiger partial charge in [-0.05, 0) is 230 Å². The predicted octanol–water partition coefficient (Wildman–Crippen LogP) is 15.9.